The summed E-state index contributed by atoms with van der Waals surface area (Å²) < 4.78 is 6.76. The van der Waals surface area contributed by atoms with Gasteiger partial charge in [-0.3, -0.25) is 4.79 Å². The van der Waals surface area contributed by atoms with Gasteiger partial charge in [0.1, 0.15) is 5.70 Å². The molecule has 0 unspecified atom stereocenters. The zero-order valence-corrected chi connectivity index (χ0v) is 17.4. The molecule has 3 aromatic rings. The van der Waals surface area contributed by atoms with E-state index in [1.54, 1.807) is 42.5 Å². The summed E-state index contributed by atoms with van der Waals surface area (Å²) in [6.07, 6.45) is 1.69. The number of imide groups is 1. The van der Waals surface area contributed by atoms with Gasteiger partial charge in [0.15, 0.2) is 0 Å². The van der Waals surface area contributed by atoms with Crippen molar-refractivity contribution in [2.24, 2.45) is 0 Å². The molecule has 4 rings (SSSR count). The van der Waals surface area contributed by atoms with E-state index in [4.69, 9.17) is 4.74 Å². The highest BCUT2D eigenvalue weighted by Gasteiger charge is 2.34. The van der Waals surface area contributed by atoms with Gasteiger partial charge >= 0.3 is 12.0 Å². The van der Waals surface area contributed by atoms with Gasteiger partial charge in [0.05, 0.1) is 18.4 Å². The van der Waals surface area contributed by atoms with Crippen molar-refractivity contribution in [3.63, 3.8) is 0 Å². The number of urea groups is 1. The van der Waals surface area contributed by atoms with Crippen LogP contribution in [-0.4, -0.2) is 29.6 Å². The van der Waals surface area contributed by atoms with Crippen LogP contribution in [0.3, 0.4) is 0 Å². The molecule has 1 aliphatic heterocycles. The normalized spacial score (nSPS) is 14.8. The molecule has 2 aromatic carbocycles. The molecular weight excluding hydrogens is 394 g/mol. The highest BCUT2D eigenvalue weighted by molar-refractivity contribution is 6.28. The SMILES string of the molecule is COC(=O)c1ccc(-n2c(C)cc(C=C3NC(=O)N(c4ccccc4)C3=O)c2C)cc1. The number of anilines is 1. The Morgan fingerprint density at radius 1 is 0.968 bits per heavy atom. The minimum Gasteiger partial charge on any atom is -0.465 e. The van der Waals surface area contributed by atoms with Crippen LogP contribution in [0.25, 0.3) is 11.8 Å². The molecule has 31 heavy (non-hydrogen) atoms. The Hall–Kier alpha value is -4.13. The minimum absolute atomic E-state index is 0.218. The monoisotopic (exact) mass is 415 g/mol. The molecule has 7 nitrogen and oxygen atoms in total. The average molecular weight is 415 g/mol. The Labute approximate surface area is 179 Å². The first-order valence-electron chi connectivity index (χ1n) is 9.70. The molecule has 1 aliphatic rings. The third-order valence-electron chi connectivity index (χ3n) is 5.21. The maximum Gasteiger partial charge on any atom is 0.337 e. The molecule has 1 N–H and O–H groups in total. The Morgan fingerprint density at radius 2 is 1.65 bits per heavy atom. The molecule has 7 heteroatoms. The Kier molecular flexibility index (Phi) is 5.17. The number of ether oxygens (including phenoxy) is 1. The quantitative estimate of drug-likeness (QED) is 0.397. The van der Waals surface area contributed by atoms with Crippen LogP contribution in [0.4, 0.5) is 10.5 Å². The lowest BCUT2D eigenvalue weighted by molar-refractivity contribution is -0.113. The van der Waals surface area contributed by atoms with Crippen LogP contribution in [0.2, 0.25) is 0 Å². The smallest absolute Gasteiger partial charge is 0.337 e. The first-order chi connectivity index (χ1) is 14.9. The molecule has 0 aliphatic carbocycles. The third kappa shape index (κ3) is 3.61. The van der Waals surface area contributed by atoms with Crippen LogP contribution in [0.1, 0.15) is 27.3 Å². The van der Waals surface area contributed by atoms with Gasteiger partial charge in [-0.1, -0.05) is 18.2 Å². The number of para-hydroxylation sites is 1. The summed E-state index contributed by atoms with van der Waals surface area (Å²) in [6, 6.07) is 17.3. The van der Waals surface area contributed by atoms with E-state index in [0.717, 1.165) is 27.5 Å². The second-order valence-corrected chi connectivity index (χ2v) is 7.16. The number of carbonyl (C=O) groups is 3. The van der Waals surface area contributed by atoms with E-state index in [9.17, 15) is 14.4 Å². The van der Waals surface area contributed by atoms with E-state index in [0.29, 0.717) is 11.3 Å². The summed E-state index contributed by atoms with van der Waals surface area (Å²) >= 11 is 0. The molecule has 0 bridgehead atoms. The lowest BCUT2D eigenvalue weighted by Gasteiger charge is -2.11. The summed E-state index contributed by atoms with van der Waals surface area (Å²) in [4.78, 5) is 38.0. The summed E-state index contributed by atoms with van der Waals surface area (Å²) in [7, 11) is 1.35. The van der Waals surface area contributed by atoms with E-state index >= 15 is 0 Å². The van der Waals surface area contributed by atoms with Gasteiger partial charge in [0.2, 0.25) is 0 Å². The van der Waals surface area contributed by atoms with E-state index < -0.39 is 17.9 Å². The van der Waals surface area contributed by atoms with Crippen molar-refractivity contribution in [3.8, 4) is 5.69 Å². The van der Waals surface area contributed by atoms with Crippen molar-refractivity contribution in [1.82, 2.24) is 9.88 Å². The summed E-state index contributed by atoms with van der Waals surface area (Å²) in [5, 5.41) is 2.66. The van der Waals surface area contributed by atoms with Gasteiger partial charge in [-0.05, 0) is 68.0 Å². The highest BCUT2D eigenvalue weighted by atomic mass is 16.5. The van der Waals surface area contributed by atoms with Gasteiger partial charge in [0, 0.05) is 17.1 Å². The fourth-order valence-corrected chi connectivity index (χ4v) is 3.70. The number of amides is 3. The van der Waals surface area contributed by atoms with Crippen LogP contribution >= 0.6 is 0 Å². The number of nitrogens with one attached hydrogen (secondary N) is 1. The average Bonchev–Trinajstić information content (AvgIpc) is 3.22. The zero-order valence-electron chi connectivity index (χ0n) is 17.4. The molecule has 1 aromatic heterocycles. The molecule has 2 heterocycles. The van der Waals surface area contributed by atoms with Crippen molar-refractivity contribution < 1.29 is 19.1 Å². The van der Waals surface area contributed by atoms with Crippen LogP contribution in [-0.2, 0) is 9.53 Å². The molecule has 0 saturated carbocycles. The first-order valence-corrected chi connectivity index (χ1v) is 9.70. The molecule has 1 fully saturated rings. The Bertz CT molecular complexity index is 1210. The van der Waals surface area contributed by atoms with Crippen LogP contribution < -0.4 is 10.2 Å². The largest absolute Gasteiger partial charge is 0.465 e. The van der Waals surface area contributed by atoms with E-state index in [1.807, 2.05) is 42.7 Å². The predicted octanol–water partition coefficient (Wildman–Crippen LogP) is 3.98. The molecule has 1 saturated heterocycles. The molecule has 3 amide bonds. The Morgan fingerprint density at radius 3 is 2.29 bits per heavy atom. The molecule has 156 valence electrons. The van der Waals surface area contributed by atoms with Crippen LogP contribution in [0.15, 0.2) is 66.4 Å². The number of benzene rings is 2. The standard InChI is InChI=1S/C24H21N3O4/c1-15-13-18(16(2)26(15)20-11-9-17(10-12-20)23(29)31-3)14-21-22(28)27(24(30)25-21)19-7-5-4-6-8-19/h4-14H,1-3H3,(H,25,30). The van der Waals surface area contributed by atoms with E-state index in [-0.39, 0.29) is 5.70 Å². The minimum atomic E-state index is -0.477. The van der Waals surface area contributed by atoms with Crippen LogP contribution in [0.5, 0.6) is 0 Å². The number of hydrogen-bond acceptors (Lipinski definition) is 4. The lowest BCUT2D eigenvalue weighted by Crippen LogP contribution is -2.30. The number of nitrogens with zero attached hydrogens (tertiary/aromatic N) is 2. The highest BCUT2D eigenvalue weighted by Crippen LogP contribution is 2.26. The molecular formula is C24H21N3O4. The second-order valence-electron chi connectivity index (χ2n) is 7.16. The number of aromatic nitrogens is 1. The van der Waals surface area contributed by atoms with Gasteiger partial charge in [-0.2, -0.15) is 0 Å². The third-order valence-corrected chi connectivity index (χ3v) is 5.21. The van der Waals surface area contributed by atoms with Crippen molar-refractivity contribution in [2.45, 2.75) is 13.8 Å². The zero-order chi connectivity index (χ0) is 22.1. The summed E-state index contributed by atoms with van der Waals surface area (Å²) in [5.41, 5.74) is 4.74. The van der Waals surface area contributed by atoms with Crippen molar-refractivity contribution >= 4 is 29.7 Å². The number of rotatable bonds is 4. The molecule has 0 atom stereocenters. The lowest BCUT2D eigenvalue weighted by atomic mass is 10.2. The number of carbonyl (C=O) groups excluding carboxylic acids is 3. The maximum absolute atomic E-state index is 12.8. The number of esters is 1. The Balaban J connectivity index is 1.66. The number of methoxy groups -OCH3 is 1. The number of aryl methyl sites for hydroxylation is 1. The van der Waals surface area contributed by atoms with Crippen molar-refractivity contribution in [2.75, 3.05) is 12.0 Å². The van der Waals surface area contributed by atoms with E-state index in [2.05, 4.69) is 5.32 Å². The second kappa shape index (κ2) is 7.95. The van der Waals surface area contributed by atoms with Gasteiger partial charge in [-0.15, -0.1) is 0 Å². The maximum atomic E-state index is 12.8. The van der Waals surface area contributed by atoms with Gasteiger partial charge in [0.25, 0.3) is 5.91 Å². The van der Waals surface area contributed by atoms with Gasteiger partial charge in [-0.25, -0.2) is 14.5 Å². The van der Waals surface area contributed by atoms with Crippen LogP contribution in [0, 0.1) is 13.8 Å². The first kappa shape index (κ1) is 20.2. The predicted molar refractivity (Wildman–Crippen MR) is 117 cm³/mol. The fraction of sp³-hybridized carbons (Fsp3) is 0.125. The summed E-state index contributed by atoms with van der Waals surface area (Å²) in [5.74, 6) is -0.792. The number of hydrogen-bond donors (Lipinski definition) is 1. The topological polar surface area (TPSA) is 80.6 Å². The van der Waals surface area contributed by atoms with E-state index in [1.165, 1.54) is 7.11 Å². The molecule has 0 radical (unpaired) electrons. The molecule has 0 spiro atoms. The van der Waals surface area contributed by atoms with Gasteiger partial charge < -0.3 is 14.6 Å². The van der Waals surface area contributed by atoms with Crippen molar-refractivity contribution in [3.05, 3.63) is 88.9 Å². The summed E-state index contributed by atoms with van der Waals surface area (Å²) in [6.45, 7) is 3.89. The fourth-order valence-electron chi connectivity index (χ4n) is 3.70. The van der Waals surface area contributed by atoms with Crippen molar-refractivity contribution in [1.29, 1.82) is 0 Å².